The molecule has 3 nitrogen and oxygen atoms in total. The molecule has 0 fully saturated rings. The topological polar surface area (TPSA) is 35.5 Å². The standard InChI is InChI=1S/C13H16O3/c1-4-6-11-7-5-8-12(9-11)15-16-13(14)10(2)3/h5,7-9H,2,4,6H2,1,3H3. The average molecular weight is 220 g/mol. The van der Waals surface area contributed by atoms with Crippen LogP contribution in [0, 0.1) is 0 Å². The Bertz CT molecular complexity index is 383. The van der Waals surface area contributed by atoms with Crippen molar-refractivity contribution < 1.29 is 14.6 Å². The summed E-state index contributed by atoms with van der Waals surface area (Å²) in [7, 11) is 0. The molecule has 0 aliphatic rings. The van der Waals surface area contributed by atoms with Gasteiger partial charge in [-0.3, -0.25) is 4.89 Å². The van der Waals surface area contributed by atoms with Crippen LogP contribution in [0.2, 0.25) is 0 Å². The third kappa shape index (κ3) is 3.77. The Morgan fingerprint density at radius 3 is 2.81 bits per heavy atom. The molecule has 0 aliphatic heterocycles. The van der Waals surface area contributed by atoms with Crippen LogP contribution in [0.5, 0.6) is 5.75 Å². The number of hydrogen-bond acceptors (Lipinski definition) is 3. The number of hydrogen-bond donors (Lipinski definition) is 0. The van der Waals surface area contributed by atoms with Gasteiger partial charge >= 0.3 is 5.97 Å². The van der Waals surface area contributed by atoms with Gasteiger partial charge in [-0.15, -0.1) is 0 Å². The zero-order valence-corrected chi connectivity index (χ0v) is 9.66. The molecule has 0 saturated heterocycles. The van der Waals surface area contributed by atoms with Crippen LogP contribution in [0.3, 0.4) is 0 Å². The van der Waals surface area contributed by atoms with Gasteiger partial charge in [0.1, 0.15) is 0 Å². The first-order chi connectivity index (χ1) is 7.63. The minimum Gasteiger partial charge on any atom is -0.287 e. The average Bonchev–Trinajstić information content (AvgIpc) is 2.26. The van der Waals surface area contributed by atoms with Crippen molar-refractivity contribution in [3.63, 3.8) is 0 Å². The molecule has 0 saturated carbocycles. The Morgan fingerprint density at radius 1 is 1.44 bits per heavy atom. The fourth-order valence-electron chi connectivity index (χ4n) is 1.20. The Balaban J connectivity index is 2.57. The molecule has 0 atom stereocenters. The van der Waals surface area contributed by atoms with Gasteiger partial charge in [-0.1, -0.05) is 32.1 Å². The van der Waals surface area contributed by atoms with E-state index in [1.807, 2.05) is 18.2 Å². The molecule has 1 aromatic rings. The first kappa shape index (κ1) is 12.3. The highest BCUT2D eigenvalue weighted by molar-refractivity contribution is 5.86. The lowest BCUT2D eigenvalue weighted by Gasteiger charge is -2.05. The molecule has 0 radical (unpaired) electrons. The van der Waals surface area contributed by atoms with Gasteiger partial charge in [0.2, 0.25) is 0 Å². The van der Waals surface area contributed by atoms with Crippen molar-refractivity contribution >= 4 is 5.97 Å². The highest BCUT2D eigenvalue weighted by atomic mass is 17.2. The van der Waals surface area contributed by atoms with Crippen molar-refractivity contribution in [2.75, 3.05) is 0 Å². The largest absolute Gasteiger partial charge is 0.381 e. The van der Waals surface area contributed by atoms with E-state index < -0.39 is 5.97 Å². The summed E-state index contributed by atoms with van der Waals surface area (Å²) in [5.41, 5.74) is 1.47. The van der Waals surface area contributed by atoms with E-state index in [-0.39, 0.29) is 0 Å². The maximum absolute atomic E-state index is 11.1. The maximum Gasteiger partial charge on any atom is 0.381 e. The normalized spacial score (nSPS) is 9.62. The van der Waals surface area contributed by atoms with Gasteiger partial charge in [0.25, 0.3) is 0 Å². The summed E-state index contributed by atoms with van der Waals surface area (Å²) in [6, 6.07) is 7.48. The molecule has 0 heterocycles. The van der Waals surface area contributed by atoms with Crippen LogP contribution < -0.4 is 4.89 Å². The molecular formula is C13H16O3. The molecule has 1 aromatic carbocycles. The molecular weight excluding hydrogens is 204 g/mol. The van der Waals surface area contributed by atoms with E-state index in [1.165, 1.54) is 0 Å². The van der Waals surface area contributed by atoms with Gasteiger partial charge in [-0.2, -0.15) is 0 Å². The Morgan fingerprint density at radius 2 is 2.19 bits per heavy atom. The molecule has 0 unspecified atom stereocenters. The molecule has 0 aliphatic carbocycles. The van der Waals surface area contributed by atoms with Gasteiger partial charge in [0.05, 0.1) is 0 Å². The van der Waals surface area contributed by atoms with Crippen LogP contribution in [0.1, 0.15) is 25.8 Å². The minimum atomic E-state index is -0.555. The van der Waals surface area contributed by atoms with E-state index in [1.54, 1.807) is 13.0 Å². The number of carbonyl (C=O) groups excluding carboxylic acids is 1. The first-order valence-electron chi connectivity index (χ1n) is 5.26. The number of aryl methyl sites for hydroxylation is 1. The second-order valence-electron chi connectivity index (χ2n) is 3.63. The molecule has 3 heteroatoms. The summed E-state index contributed by atoms with van der Waals surface area (Å²) in [6.07, 6.45) is 2.04. The zero-order valence-electron chi connectivity index (χ0n) is 9.66. The van der Waals surface area contributed by atoms with Gasteiger partial charge in [0.15, 0.2) is 5.75 Å². The van der Waals surface area contributed by atoms with Gasteiger partial charge in [-0.25, -0.2) is 9.68 Å². The molecule has 0 N–H and O–H groups in total. The van der Waals surface area contributed by atoms with E-state index in [2.05, 4.69) is 18.4 Å². The van der Waals surface area contributed by atoms with Gasteiger partial charge in [0, 0.05) is 5.57 Å². The van der Waals surface area contributed by atoms with E-state index in [9.17, 15) is 4.79 Å². The summed E-state index contributed by atoms with van der Waals surface area (Å²) in [6.45, 7) is 7.13. The quantitative estimate of drug-likeness (QED) is 0.434. The number of rotatable bonds is 5. The number of carbonyl (C=O) groups is 1. The molecule has 16 heavy (non-hydrogen) atoms. The van der Waals surface area contributed by atoms with Crippen LogP contribution in [-0.4, -0.2) is 5.97 Å². The summed E-state index contributed by atoms with van der Waals surface area (Å²) in [5.74, 6) is -0.0264. The van der Waals surface area contributed by atoms with E-state index >= 15 is 0 Å². The smallest absolute Gasteiger partial charge is 0.287 e. The highest BCUT2D eigenvalue weighted by Crippen LogP contribution is 2.15. The lowest BCUT2D eigenvalue weighted by molar-refractivity contribution is -0.208. The van der Waals surface area contributed by atoms with Crippen LogP contribution in [0.4, 0.5) is 0 Å². The predicted molar refractivity (Wildman–Crippen MR) is 62.0 cm³/mol. The molecule has 0 bridgehead atoms. The predicted octanol–water partition coefficient (Wildman–Crippen LogP) is 3.05. The monoisotopic (exact) mass is 220 g/mol. The van der Waals surface area contributed by atoms with Crippen LogP contribution in [-0.2, 0) is 16.1 Å². The Kier molecular flexibility index (Phi) is 4.58. The SMILES string of the molecule is C=C(C)C(=O)OOc1cccc(CCC)c1. The van der Waals surface area contributed by atoms with Crippen molar-refractivity contribution in [2.24, 2.45) is 0 Å². The summed E-state index contributed by atoms with van der Waals surface area (Å²) in [4.78, 5) is 20.6. The van der Waals surface area contributed by atoms with Crippen LogP contribution >= 0.6 is 0 Å². The molecule has 0 aromatic heterocycles. The van der Waals surface area contributed by atoms with Gasteiger partial charge in [-0.05, 0) is 31.0 Å². The van der Waals surface area contributed by atoms with Crippen molar-refractivity contribution in [1.29, 1.82) is 0 Å². The fraction of sp³-hybridized carbons (Fsp3) is 0.308. The van der Waals surface area contributed by atoms with Gasteiger partial charge < -0.3 is 0 Å². The Hall–Kier alpha value is -1.77. The first-order valence-corrected chi connectivity index (χ1v) is 5.26. The minimum absolute atomic E-state index is 0.310. The third-order valence-corrected chi connectivity index (χ3v) is 2.00. The second kappa shape index (κ2) is 5.95. The summed E-state index contributed by atoms with van der Waals surface area (Å²) >= 11 is 0. The molecule has 1 rings (SSSR count). The summed E-state index contributed by atoms with van der Waals surface area (Å²) < 4.78 is 0. The highest BCUT2D eigenvalue weighted by Gasteiger charge is 2.05. The van der Waals surface area contributed by atoms with E-state index in [0.717, 1.165) is 18.4 Å². The zero-order chi connectivity index (χ0) is 12.0. The molecule has 0 amide bonds. The van der Waals surface area contributed by atoms with E-state index in [0.29, 0.717) is 11.3 Å². The lowest BCUT2D eigenvalue weighted by Crippen LogP contribution is -2.08. The van der Waals surface area contributed by atoms with Crippen molar-refractivity contribution in [3.05, 3.63) is 42.0 Å². The summed E-state index contributed by atoms with van der Waals surface area (Å²) in [5, 5.41) is 0. The lowest BCUT2D eigenvalue weighted by atomic mass is 10.1. The maximum atomic E-state index is 11.1. The van der Waals surface area contributed by atoms with Crippen molar-refractivity contribution in [3.8, 4) is 5.75 Å². The van der Waals surface area contributed by atoms with Crippen molar-refractivity contribution in [2.45, 2.75) is 26.7 Å². The second-order valence-corrected chi connectivity index (χ2v) is 3.63. The van der Waals surface area contributed by atoms with Crippen LogP contribution in [0.25, 0.3) is 0 Å². The third-order valence-electron chi connectivity index (χ3n) is 2.00. The van der Waals surface area contributed by atoms with Crippen LogP contribution in [0.15, 0.2) is 36.4 Å². The molecule has 86 valence electrons. The molecule has 0 spiro atoms. The fourth-order valence-corrected chi connectivity index (χ4v) is 1.20. The Labute approximate surface area is 95.6 Å². The van der Waals surface area contributed by atoms with Crippen molar-refractivity contribution in [1.82, 2.24) is 0 Å². The number of benzene rings is 1. The van der Waals surface area contributed by atoms with E-state index in [4.69, 9.17) is 4.89 Å².